The van der Waals surface area contributed by atoms with Crippen molar-refractivity contribution < 1.29 is 14.9 Å². The Bertz CT molecular complexity index is 948. The molecule has 34 heavy (non-hydrogen) atoms. The van der Waals surface area contributed by atoms with Crippen LogP contribution in [-0.4, -0.2) is 54.1 Å². The molecule has 1 aromatic carbocycles. The lowest BCUT2D eigenvalue weighted by Crippen LogP contribution is -2.25. The average molecular weight is 462 g/mol. The van der Waals surface area contributed by atoms with Gasteiger partial charge in [0, 0.05) is 19.1 Å². The second kappa shape index (κ2) is 12.3. The smallest absolute Gasteiger partial charge is 0.119 e. The first-order chi connectivity index (χ1) is 16.7. The maximum absolute atomic E-state index is 10.0. The molecule has 2 unspecified atom stereocenters. The number of rotatable bonds is 10. The predicted molar refractivity (Wildman–Crippen MR) is 140 cm³/mol. The highest BCUT2D eigenvalue weighted by Crippen LogP contribution is 2.40. The van der Waals surface area contributed by atoms with Gasteiger partial charge in [-0.05, 0) is 80.0 Å². The van der Waals surface area contributed by atoms with E-state index in [0.29, 0.717) is 18.9 Å². The van der Waals surface area contributed by atoms with Crippen molar-refractivity contribution in [3.8, 4) is 5.75 Å². The zero-order valence-corrected chi connectivity index (χ0v) is 20.4. The summed E-state index contributed by atoms with van der Waals surface area (Å²) in [5.41, 5.74) is 4.87. The van der Waals surface area contributed by atoms with Crippen molar-refractivity contribution in [2.45, 2.75) is 45.1 Å². The minimum Gasteiger partial charge on any atom is -0.492 e. The Kier molecular flexibility index (Phi) is 8.97. The topological polar surface area (TPSA) is 52.9 Å². The van der Waals surface area contributed by atoms with Gasteiger partial charge in [-0.3, -0.25) is 4.90 Å². The molecule has 4 heteroatoms. The number of aliphatic hydroxyl groups is 2. The Labute approximate surface area is 204 Å². The van der Waals surface area contributed by atoms with E-state index in [1.807, 2.05) is 6.08 Å². The molecule has 1 aliphatic heterocycles. The molecule has 0 radical (unpaired) electrons. The predicted octanol–water partition coefficient (Wildman–Crippen LogP) is 5.31. The summed E-state index contributed by atoms with van der Waals surface area (Å²) < 4.78 is 6.05. The van der Waals surface area contributed by atoms with E-state index >= 15 is 0 Å². The van der Waals surface area contributed by atoms with Crippen molar-refractivity contribution in [2.75, 3.05) is 32.8 Å². The normalized spacial score (nSPS) is 25.4. The molecular weight excluding hydrogens is 422 g/mol. The second-order valence-electron chi connectivity index (χ2n) is 9.63. The molecular formula is C30H39NO3. The fraction of sp³-hybridized carbons (Fsp3) is 0.467. The molecule has 3 aliphatic rings. The summed E-state index contributed by atoms with van der Waals surface area (Å²) in [5, 5.41) is 19.7. The Morgan fingerprint density at radius 2 is 1.82 bits per heavy atom. The highest BCUT2D eigenvalue weighted by Gasteiger charge is 2.24. The van der Waals surface area contributed by atoms with E-state index in [9.17, 15) is 10.2 Å². The van der Waals surface area contributed by atoms with Crippen LogP contribution in [0.5, 0.6) is 5.75 Å². The van der Waals surface area contributed by atoms with Crippen LogP contribution < -0.4 is 4.74 Å². The first-order valence-electron chi connectivity index (χ1n) is 12.9. The van der Waals surface area contributed by atoms with Crippen molar-refractivity contribution in [3.63, 3.8) is 0 Å². The third kappa shape index (κ3) is 6.38. The number of nitrogens with zero attached hydrogens (tertiary/aromatic N) is 1. The largest absolute Gasteiger partial charge is 0.492 e. The van der Waals surface area contributed by atoms with E-state index < -0.39 is 6.10 Å². The summed E-state index contributed by atoms with van der Waals surface area (Å²) in [4.78, 5) is 2.46. The van der Waals surface area contributed by atoms with Gasteiger partial charge < -0.3 is 14.9 Å². The average Bonchev–Trinajstić information content (AvgIpc) is 3.37. The molecule has 0 spiro atoms. The minimum absolute atomic E-state index is 0.175. The standard InChI is InChI=1S/C30H39NO3/c1-23-7-2-3-8-28(23)29(9-6-21-32)30(24-10-14-26(33)15-11-24)25-12-16-27(17-13-25)34-22-20-31-18-4-5-19-31/h2-3,7-8,10-14,16-17,23,26,28,32-33H,4-6,9,15,18-22H2,1H3/b30-29-/t23?,26?,28-/m1/s1. The molecule has 4 rings (SSSR count). The van der Waals surface area contributed by atoms with Gasteiger partial charge >= 0.3 is 0 Å². The van der Waals surface area contributed by atoms with Crippen molar-refractivity contribution in [1.82, 2.24) is 4.90 Å². The van der Waals surface area contributed by atoms with Crippen molar-refractivity contribution in [2.24, 2.45) is 11.8 Å². The molecule has 0 aromatic heterocycles. The summed E-state index contributed by atoms with van der Waals surface area (Å²) in [6, 6.07) is 8.47. The number of benzene rings is 1. The van der Waals surface area contributed by atoms with E-state index in [1.54, 1.807) is 0 Å². The molecule has 1 saturated heterocycles. The fourth-order valence-electron chi connectivity index (χ4n) is 5.23. The van der Waals surface area contributed by atoms with Crippen LogP contribution >= 0.6 is 0 Å². The molecule has 182 valence electrons. The van der Waals surface area contributed by atoms with Crippen molar-refractivity contribution in [3.05, 3.63) is 83.5 Å². The summed E-state index contributed by atoms with van der Waals surface area (Å²) in [6.45, 7) is 6.51. The highest BCUT2D eigenvalue weighted by molar-refractivity contribution is 5.85. The second-order valence-corrected chi connectivity index (χ2v) is 9.63. The number of allylic oxidation sites excluding steroid dienone is 8. The SMILES string of the molecule is CC1C=CC=C[C@H]1/C(CCCO)=C(/C1=CCC(O)C=C1)c1ccc(OCCN2CCCC2)cc1. The van der Waals surface area contributed by atoms with Crippen LogP contribution in [0.25, 0.3) is 5.57 Å². The Morgan fingerprint density at radius 3 is 2.50 bits per heavy atom. The maximum atomic E-state index is 10.0. The van der Waals surface area contributed by atoms with E-state index in [2.05, 4.69) is 72.5 Å². The molecule has 1 aromatic rings. The maximum Gasteiger partial charge on any atom is 0.119 e. The van der Waals surface area contributed by atoms with Gasteiger partial charge in [-0.25, -0.2) is 0 Å². The van der Waals surface area contributed by atoms with Crippen LogP contribution in [0.15, 0.2) is 77.9 Å². The molecule has 3 atom stereocenters. The van der Waals surface area contributed by atoms with Gasteiger partial charge in [-0.2, -0.15) is 0 Å². The third-order valence-corrected chi connectivity index (χ3v) is 7.12. The summed E-state index contributed by atoms with van der Waals surface area (Å²) in [5.74, 6) is 1.57. The number of hydrogen-bond acceptors (Lipinski definition) is 4. The number of ether oxygens (including phenoxy) is 1. The lowest BCUT2D eigenvalue weighted by atomic mass is 9.76. The minimum atomic E-state index is -0.422. The molecule has 1 fully saturated rings. The Balaban J connectivity index is 1.62. The zero-order chi connectivity index (χ0) is 23.8. The van der Waals surface area contributed by atoms with Gasteiger partial charge in [-0.15, -0.1) is 0 Å². The van der Waals surface area contributed by atoms with Gasteiger partial charge in [0.15, 0.2) is 0 Å². The van der Waals surface area contributed by atoms with Crippen LogP contribution in [0.1, 0.15) is 44.6 Å². The van der Waals surface area contributed by atoms with Gasteiger partial charge in [0.2, 0.25) is 0 Å². The lowest BCUT2D eigenvalue weighted by molar-refractivity contribution is 0.225. The number of aliphatic hydroxyl groups excluding tert-OH is 2. The molecule has 2 N–H and O–H groups in total. The van der Waals surface area contributed by atoms with Gasteiger partial charge in [0.1, 0.15) is 12.4 Å². The van der Waals surface area contributed by atoms with Gasteiger partial charge in [0.05, 0.1) is 6.10 Å². The van der Waals surface area contributed by atoms with E-state index in [0.717, 1.165) is 36.3 Å². The molecule has 0 saturated carbocycles. The van der Waals surface area contributed by atoms with E-state index in [4.69, 9.17) is 4.74 Å². The lowest BCUT2D eigenvalue weighted by Gasteiger charge is -2.28. The van der Waals surface area contributed by atoms with Crippen LogP contribution in [0, 0.1) is 11.8 Å². The van der Waals surface area contributed by atoms with Crippen LogP contribution in [0.2, 0.25) is 0 Å². The van der Waals surface area contributed by atoms with Crippen LogP contribution in [0.3, 0.4) is 0 Å². The Hall–Kier alpha value is -2.40. The fourth-order valence-corrected chi connectivity index (χ4v) is 5.23. The number of hydrogen-bond donors (Lipinski definition) is 2. The highest BCUT2D eigenvalue weighted by atomic mass is 16.5. The van der Waals surface area contributed by atoms with Crippen molar-refractivity contribution in [1.29, 1.82) is 0 Å². The van der Waals surface area contributed by atoms with Gasteiger partial charge in [0.25, 0.3) is 0 Å². The molecule has 2 aliphatic carbocycles. The third-order valence-electron chi connectivity index (χ3n) is 7.12. The summed E-state index contributed by atoms with van der Waals surface area (Å²) >= 11 is 0. The van der Waals surface area contributed by atoms with Gasteiger partial charge in [-0.1, -0.05) is 67.2 Å². The summed E-state index contributed by atoms with van der Waals surface area (Å²) in [7, 11) is 0. The monoisotopic (exact) mass is 461 g/mol. The quantitative estimate of drug-likeness (QED) is 0.496. The summed E-state index contributed by atoms with van der Waals surface area (Å²) in [6.07, 6.45) is 19.2. The first-order valence-corrected chi connectivity index (χ1v) is 12.9. The molecule has 4 nitrogen and oxygen atoms in total. The van der Waals surface area contributed by atoms with Crippen molar-refractivity contribution >= 4 is 5.57 Å². The van der Waals surface area contributed by atoms with Crippen LogP contribution in [-0.2, 0) is 0 Å². The van der Waals surface area contributed by atoms with E-state index in [-0.39, 0.29) is 12.5 Å². The molecule has 0 amide bonds. The number of likely N-dealkylation sites (tertiary alicyclic amines) is 1. The van der Waals surface area contributed by atoms with E-state index in [1.165, 1.54) is 37.1 Å². The molecule has 0 bridgehead atoms. The first kappa shape index (κ1) is 24.7. The molecule has 1 heterocycles. The van der Waals surface area contributed by atoms with Crippen LogP contribution in [0.4, 0.5) is 0 Å². The Morgan fingerprint density at radius 1 is 1.06 bits per heavy atom. The zero-order valence-electron chi connectivity index (χ0n) is 20.4.